The summed E-state index contributed by atoms with van der Waals surface area (Å²) >= 11 is 0. The zero-order valence-electron chi connectivity index (χ0n) is 21.0. The Labute approximate surface area is 192 Å². The largest absolute Gasteiger partial charge is 0.467 e. The van der Waals surface area contributed by atoms with Crippen LogP contribution < -0.4 is 15.4 Å². The molecule has 0 amide bonds. The van der Waals surface area contributed by atoms with E-state index in [1.807, 2.05) is 0 Å². The number of hydrogen-bond donors (Lipinski definition) is 1. The number of aryl methyl sites for hydroxylation is 3. The molecule has 31 heavy (non-hydrogen) atoms. The van der Waals surface area contributed by atoms with E-state index >= 15 is 0 Å². The molecule has 2 rings (SSSR count). The van der Waals surface area contributed by atoms with Crippen LogP contribution in [0.3, 0.4) is 0 Å². The van der Waals surface area contributed by atoms with E-state index in [0.29, 0.717) is 8.58 Å². The van der Waals surface area contributed by atoms with Gasteiger partial charge in [0.2, 0.25) is 0 Å². The van der Waals surface area contributed by atoms with Gasteiger partial charge in [0.25, 0.3) is 0 Å². The fourth-order valence-electron chi connectivity index (χ4n) is 4.10. The molecule has 3 nitrogen and oxygen atoms in total. The van der Waals surface area contributed by atoms with Crippen molar-refractivity contribution in [3.63, 3.8) is 0 Å². The highest BCUT2D eigenvalue weighted by atomic mass is 31.1. The van der Waals surface area contributed by atoms with Crippen LogP contribution in [0.2, 0.25) is 0 Å². The SMILES string of the molecule is CCC(CC)(Pc1ccc(C)cc1CNC(C)(C)C)c1cc(C)cc(C)c1OCOC. The molecule has 0 saturated carbocycles. The standard InChI is InChI=1S/C27H42NO2P/c1-10-27(11-2,23-16-20(4)14-21(5)25(23)30-18-29-9)31-24-13-12-19(3)15-22(24)17-28-26(6,7)8/h12-16,28,31H,10-11,17-18H2,1-9H3. The molecule has 4 heteroatoms. The fourth-order valence-corrected chi connectivity index (χ4v) is 5.78. The molecule has 0 aliphatic carbocycles. The first-order valence-electron chi connectivity index (χ1n) is 11.4. The Balaban J connectivity index is 2.55. The van der Waals surface area contributed by atoms with Crippen molar-refractivity contribution in [1.29, 1.82) is 0 Å². The van der Waals surface area contributed by atoms with Crippen molar-refractivity contribution in [2.75, 3.05) is 13.9 Å². The van der Waals surface area contributed by atoms with Crippen molar-refractivity contribution in [3.05, 3.63) is 58.1 Å². The van der Waals surface area contributed by atoms with Crippen LogP contribution in [0.4, 0.5) is 0 Å². The Bertz CT molecular complexity index is 866. The molecule has 0 saturated heterocycles. The normalized spacial score (nSPS) is 12.7. The van der Waals surface area contributed by atoms with Crippen LogP contribution in [0, 0.1) is 20.8 Å². The van der Waals surface area contributed by atoms with Gasteiger partial charge >= 0.3 is 0 Å². The van der Waals surface area contributed by atoms with Gasteiger partial charge in [-0.05, 0) is 70.8 Å². The molecule has 1 atom stereocenters. The van der Waals surface area contributed by atoms with Gasteiger partial charge in [0.05, 0.1) is 0 Å². The first-order chi connectivity index (χ1) is 14.5. The van der Waals surface area contributed by atoms with Gasteiger partial charge in [-0.2, -0.15) is 0 Å². The Morgan fingerprint density at radius 3 is 2.19 bits per heavy atom. The van der Waals surface area contributed by atoms with Crippen molar-refractivity contribution in [2.45, 2.75) is 85.5 Å². The van der Waals surface area contributed by atoms with E-state index in [4.69, 9.17) is 9.47 Å². The second-order valence-electron chi connectivity index (χ2n) is 9.69. The summed E-state index contributed by atoms with van der Waals surface area (Å²) in [7, 11) is 2.34. The molecule has 1 unspecified atom stereocenters. The van der Waals surface area contributed by atoms with Crippen molar-refractivity contribution in [3.8, 4) is 5.75 Å². The van der Waals surface area contributed by atoms with Crippen molar-refractivity contribution < 1.29 is 9.47 Å². The van der Waals surface area contributed by atoms with Crippen LogP contribution in [0.1, 0.15) is 75.3 Å². The van der Waals surface area contributed by atoms with Crippen LogP contribution in [0.25, 0.3) is 0 Å². The summed E-state index contributed by atoms with van der Waals surface area (Å²) in [6.45, 7) is 19.0. The lowest BCUT2D eigenvalue weighted by molar-refractivity contribution is 0.0494. The molecule has 0 bridgehead atoms. The van der Waals surface area contributed by atoms with Crippen molar-refractivity contribution in [1.82, 2.24) is 5.32 Å². The summed E-state index contributed by atoms with van der Waals surface area (Å²) in [6.07, 6.45) is 2.13. The van der Waals surface area contributed by atoms with E-state index in [0.717, 1.165) is 25.1 Å². The third-order valence-electron chi connectivity index (χ3n) is 5.91. The Kier molecular flexibility index (Phi) is 9.13. The maximum atomic E-state index is 6.13. The van der Waals surface area contributed by atoms with E-state index in [-0.39, 0.29) is 17.5 Å². The van der Waals surface area contributed by atoms with Gasteiger partial charge in [-0.25, -0.2) is 0 Å². The predicted octanol–water partition coefficient (Wildman–Crippen LogP) is 6.50. The second kappa shape index (κ2) is 10.9. The molecule has 0 radical (unpaired) electrons. The van der Waals surface area contributed by atoms with E-state index in [2.05, 4.69) is 91.0 Å². The van der Waals surface area contributed by atoms with Gasteiger partial charge in [0.15, 0.2) is 6.79 Å². The van der Waals surface area contributed by atoms with E-state index in [1.54, 1.807) is 7.11 Å². The summed E-state index contributed by atoms with van der Waals surface area (Å²) < 4.78 is 11.4. The summed E-state index contributed by atoms with van der Waals surface area (Å²) in [4.78, 5) is 0. The third-order valence-corrected chi connectivity index (χ3v) is 8.12. The highest BCUT2D eigenvalue weighted by Crippen LogP contribution is 2.51. The number of benzene rings is 2. The zero-order chi connectivity index (χ0) is 23.2. The van der Waals surface area contributed by atoms with Crippen molar-refractivity contribution >= 4 is 13.9 Å². The van der Waals surface area contributed by atoms with E-state index in [9.17, 15) is 0 Å². The number of methoxy groups -OCH3 is 1. The maximum Gasteiger partial charge on any atom is 0.188 e. The van der Waals surface area contributed by atoms with Crippen LogP contribution in [-0.4, -0.2) is 19.4 Å². The summed E-state index contributed by atoms with van der Waals surface area (Å²) in [6, 6.07) is 11.5. The number of ether oxygens (including phenoxy) is 2. The fraction of sp³-hybridized carbons (Fsp3) is 0.556. The summed E-state index contributed by atoms with van der Waals surface area (Å²) in [5.41, 5.74) is 6.59. The third kappa shape index (κ3) is 6.78. The van der Waals surface area contributed by atoms with Gasteiger partial charge in [-0.1, -0.05) is 63.9 Å². The lowest BCUT2D eigenvalue weighted by atomic mass is 9.89. The van der Waals surface area contributed by atoms with Gasteiger partial charge in [-0.3, -0.25) is 0 Å². The Hall–Kier alpha value is -1.41. The quantitative estimate of drug-likeness (QED) is 0.336. The molecule has 0 heterocycles. The molecule has 172 valence electrons. The minimum absolute atomic E-state index is 0.0333. The van der Waals surface area contributed by atoms with E-state index < -0.39 is 0 Å². The van der Waals surface area contributed by atoms with Gasteiger partial charge in [0, 0.05) is 29.9 Å². The summed E-state index contributed by atoms with van der Waals surface area (Å²) in [5.74, 6) is 0.991. The molecule has 0 fully saturated rings. The maximum absolute atomic E-state index is 6.13. The average Bonchev–Trinajstić information content (AvgIpc) is 2.70. The first kappa shape index (κ1) is 25.8. The number of nitrogens with one attached hydrogen (secondary N) is 1. The molecule has 2 aromatic rings. The molecule has 0 aliphatic rings. The van der Waals surface area contributed by atoms with E-state index in [1.165, 1.54) is 33.1 Å². The highest BCUT2D eigenvalue weighted by molar-refractivity contribution is 7.48. The topological polar surface area (TPSA) is 30.5 Å². The van der Waals surface area contributed by atoms with Crippen molar-refractivity contribution in [2.24, 2.45) is 0 Å². The average molecular weight is 444 g/mol. The molecule has 0 aromatic heterocycles. The second-order valence-corrected chi connectivity index (χ2v) is 11.4. The molecular formula is C27H42NO2P. The van der Waals surface area contributed by atoms with Gasteiger partial charge in [-0.15, -0.1) is 0 Å². The molecular weight excluding hydrogens is 401 g/mol. The van der Waals surface area contributed by atoms with Crippen LogP contribution in [0.15, 0.2) is 30.3 Å². The Morgan fingerprint density at radius 1 is 0.935 bits per heavy atom. The van der Waals surface area contributed by atoms with Crippen LogP contribution in [-0.2, 0) is 16.4 Å². The van der Waals surface area contributed by atoms with Gasteiger partial charge < -0.3 is 14.8 Å². The highest BCUT2D eigenvalue weighted by Gasteiger charge is 2.33. The zero-order valence-corrected chi connectivity index (χ0v) is 22.0. The molecule has 1 N–H and O–H groups in total. The number of rotatable bonds is 10. The smallest absolute Gasteiger partial charge is 0.188 e. The first-order valence-corrected chi connectivity index (χ1v) is 12.4. The lowest BCUT2D eigenvalue weighted by Gasteiger charge is -2.36. The summed E-state index contributed by atoms with van der Waals surface area (Å²) in [5, 5.41) is 5.17. The van der Waals surface area contributed by atoms with Crippen LogP contribution in [0.5, 0.6) is 5.75 Å². The molecule has 0 aliphatic heterocycles. The monoisotopic (exact) mass is 443 g/mol. The molecule has 2 aromatic carbocycles. The minimum Gasteiger partial charge on any atom is -0.467 e. The number of hydrogen-bond acceptors (Lipinski definition) is 3. The predicted molar refractivity (Wildman–Crippen MR) is 136 cm³/mol. The lowest BCUT2D eigenvalue weighted by Crippen LogP contribution is -2.36. The molecule has 0 spiro atoms. The Morgan fingerprint density at radius 2 is 1.61 bits per heavy atom. The van der Waals surface area contributed by atoms with Crippen LogP contribution >= 0.6 is 8.58 Å². The minimum atomic E-state index is 0.0333. The van der Waals surface area contributed by atoms with Gasteiger partial charge in [0.1, 0.15) is 5.75 Å².